The summed E-state index contributed by atoms with van der Waals surface area (Å²) in [7, 11) is 0. The molecule has 0 fully saturated rings. The third-order valence-corrected chi connectivity index (χ3v) is 3.74. The van der Waals surface area contributed by atoms with E-state index in [4.69, 9.17) is 25.5 Å². The minimum absolute atomic E-state index is 0. The number of hydrogen-bond acceptors (Lipinski definition) is 4. The molecule has 1 aromatic carbocycles. The Morgan fingerprint density at radius 2 is 2.04 bits per heavy atom. The summed E-state index contributed by atoms with van der Waals surface area (Å²) in [5.41, 5.74) is 2.02. The maximum Gasteiger partial charge on any atom is 0.191 e. The van der Waals surface area contributed by atoms with Gasteiger partial charge in [0.25, 0.3) is 0 Å². The standard InChI is InChI=1S/C17H20ClN3O3.HI/c1-2-19-17(20-9-12-3-4-22-11-12)21-10-13-7-14(18)16-15(8-13)23-5-6-24-16;/h3-4,7-8,11H,2,5-6,9-10H2,1H3,(H2,19,20,21);1H. The van der Waals surface area contributed by atoms with Crippen LogP contribution in [0.2, 0.25) is 5.02 Å². The van der Waals surface area contributed by atoms with Gasteiger partial charge in [0.05, 0.1) is 24.1 Å². The molecule has 0 spiro atoms. The summed E-state index contributed by atoms with van der Waals surface area (Å²) in [4.78, 5) is 4.58. The Morgan fingerprint density at radius 3 is 2.80 bits per heavy atom. The van der Waals surface area contributed by atoms with Crippen LogP contribution in [-0.4, -0.2) is 25.7 Å². The van der Waals surface area contributed by atoms with Gasteiger partial charge in [-0.05, 0) is 30.7 Å². The Labute approximate surface area is 169 Å². The first-order valence-electron chi connectivity index (χ1n) is 7.87. The second-order valence-corrected chi connectivity index (χ2v) is 5.69. The normalized spacial score (nSPS) is 13.1. The minimum Gasteiger partial charge on any atom is -0.486 e. The van der Waals surface area contributed by atoms with Gasteiger partial charge in [0.2, 0.25) is 0 Å². The lowest BCUT2D eigenvalue weighted by Gasteiger charge is -2.20. The Balaban J connectivity index is 0.00000225. The topological polar surface area (TPSA) is 68.0 Å². The van der Waals surface area contributed by atoms with Crippen molar-refractivity contribution in [2.24, 2.45) is 4.99 Å². The van der Waals surface area contributed by atoms with Gasteiger partial charge in [-0.3, -0.25) is 0 Å². The molecule has 3 rings (SSSR count). The van der Waals surface area contributed by atoms with Crippen molar-refractivity contribution in [2.75, 3.05) is 19.8 Å². The highest BCUT2D eigenvalue weighted by atomic mass is 127. The number of fused-ring (bicyclic) bond motifs is 1. The zero-order valence-corrected chi connectivity index (χ0v) is 17.0. The first-order chi connectivity index (χ1) is 11.8. The van der Waals surface area contributed by atoms with Crippen molar-refractivity contribution in [1.82, 2.24) is 10.6 Å². The summed E-state index contributed by atoms with van der Waals surface area (Å²) in [5.74, 6) is 2.01. The number of furan rings is 1. The van der Waals surface area contributed by atoms with Gasteiger partial charge in [0, 0.05) is 18.7 Å². The van der Waals surface area contributed by atoms with Crippen LogP contribution in [0.3, 0.4) is 0 Å². The molecule has 25 heavy (non-hydrogen) atoms. The molecule has 0 unspecified atom stereocenters. The highest BCUT2D eigenvalue weighted by molar-refractivity contribution is 14.0. The summed E-state index contributed by atoms with van der Waals surface area (Å²) in [6.45, 7) is 4.98. The molecule has 2 N–H and O–H groups in total. The monoisotopic (exact) mass is 477 g/mol. The number of ether oxygens (including phenoxy) is 2. The van der Waals surface area contributed by atoms with Gasteiger partial charge in [0.15, 0.2) is 17.5 Å². The molecule has 0 atom stereocenters. The van der Waals surface area contributed by atoms with Crippen molar-refractivity contribution in [3.8, 4) is 11.5 Å². The molecule has 1 aromatic heterocycles. The van der Waals surface area contributed by atoms with E-state index in [1.807, 2.05) is 25.1 Å². The summed E-state index contributed by atoms with van der Waals surface area (Å²) in [6.07, 6.45) is 3.36. The third-order valence-electron chi connectivity index (χ3n) is 3.46. The molecule has 1 aliphatic rings. The highest BCUT2D eigenvalue weighted by Crippen LogP contribution is 2.38. The van der Waals surface area contributed by atoms with E-state index in [0.29, 0.717) is 42.8 Å². The second kappa shape index (κ2) is 9.76. The van der Waals surface area contributed by atoms with Gasteiger partial charge in [-0.15, -0.1) is 24.0 Å². The van der Waals surface area contributed by atoms with Crippen molar-refractivity contribution in [1.29, 1.82) is 0 Å². The van der Waals surface area contributed by atoms with Crippen LogP contribution in [0.1, 0.15) is 18.1 Å². The first-order valence-corrected chi connectivity index (χ1v) is 8.25. The molecule has 0 saturated carbocycles. The SMILES string of the molecule is CCNC(=NCc1cc(Cl)c2c(c1)OCCO2)NCc1ccoc1.I. The Hall–Kier alpha value is -1.61. The van der Waals surface area contributed by atoms with E-state index in [1.165, 1.54) is 0 Å². The van der Waals surface area contributed by atoms with Crippen LogP contribution < -0.4 is 20.1 Å². The van der Waals surface area contributed by atoms with Crippen LogP contribution in [0.25, 0.3) is 0 Å². The van der Waals surface area contributed by atoms with Gasteiger partial charge >= 0.3 is 0 Å². The smallest absolute Gasteiger partial charge is 0.191 e. The van der Waals surface area contributed by atoms with Gasteiger partial charge in [-0.1, -0.05) is 11.6 Å². The Bertz CT molecular complexity index is 707. The predicted molar refractivity (Wildman–Crippen MR) is 108 cm³/mol. The zero-order valence-electron chi connectivity index (χ0n) is 13.9. The van der Waals surface area contributed by atoms with E-state index >= 15 is 0 Å². The van der Waals surface area contributed by atoms with Gasteiger partial charge in [0.1, 0.15) is 13.2 Å². The maximum absolute atomic E-state index is 6.26. The summed E-state index contributed by atoms with van der Waals surface area (Å²) < 4.78 is 16.2. The number of hydrogen-bond donors (Lipinski definition) is 2. The van der Waals surface area contributed by atoms with E-state index < -0.39 is 0 Å². The molecule has 136 valence electrons. The zero-order chi connectivity index (χ0) is 16.8. The molecular weight excluding hydrogens is 457 g/mol. The Morgan fingerprint density at radius 1 is 1.20 bits per heavy atom. The maximum atomic E-state index is 6.26. The van der Waals surface area contributed by atoms with Crippen molar-refractivity contribution < 1.29 is 13.9 Å². The number of nitrogens with one attached hydrogen (secondary N) is 2. The fraction of sp³-hybridized carbons (Fsp3) is 0.353. The lowest BCUT2D eigenvalue weighted by atomic mass is 10.2. The summed E-state index contributed by atoms with van der Waals surface area (Å²) in [5, 5.41) is 7.02. The third kappa shape index (κ3) is 5.43. The number of halogens is 2. The summed E-state index contributed by atoms with van der Waals surface area (Å²) in [6, 6.07) is 5.69. The minimum atomic E-state index is 0. The number of benzene rings is 1. The van der Waals surface area contributed by atoms with Crippen molar-refractivity contribution >= 4 is 41.5 Å². The van der Waals surface area contributed by atoms with Crippen molar-refractivity contribution in [3.63, 3.8) is 0 Å². The fourth-order valence-electron chi connectivity index (χ4n) is 2.35. The number of guanidine groups is 1. The number of rotatable bonds is 5. The van der Waals surface area contributed by atoms with Crippen LogP contribution in [0, 0.1) is 0 Å². The van der Waals surface area contributed by atoms with Gasteiger partial charge in [-0.2, -0.15) is 0 Å². The van der Waals surface area contributed by atoms with E-state index in [0.717, 1.165) is 23.6 Å². The van der Waals surface area contributed by atoms with E-state index in [1.54, 1.807) is 12.5 Å². The molecular formula is C17H21ClIN3O3. The molecule has 8 heteroatoms. The number of nitrogens with zero attached hydrogens (tertiary/aromatic N) is 1. The molecule has 0 amide bonds. The lowest BCUT2D eigenvalue weighted by Crippen LogP contribution is -2.36. The van der Waals surface area contributed by atoms with Gasteiger partial charge in [-0.25, -0.2) is 4.99 Å². The van der Waals surface area contributed by atoms with Gasteiger partial charge < -0.3 is 24.5 Å². The molecule has 0 saturated heterocycles. The average Bonchev–Trinajstić information content (AvgIpc) is 3.11. The summed E-state index contributed by atoms with van der Waals surface area (Å²) >= 11 is 6.26. The largest absolute Gasteiger partial charge is 0.486 e. The Kier molecular flexibility index (Phi) is 7.70. The lowest BCUT2D eigenvalue weighted by molar-refractivity contribution is 0.171. The van der Waals surface area contributed by atoms with Crippen LogP contribution in [0.4, 0.5) is 0 Å². The van der Waals surface area contributed by atoms with Crippen molar-refractivity contribution in [3.05, 3.63) is 46.9 Å². The molecule has 1 aliphatic heterocycles. The van der Waals surface area contributed by atoms with E-state index in [2.05, 4.69) is 15.6 Å². The van der Waals surface area contributed by atoms with Crippen LogP contribution in [-0.2, 0) is 13.1 Å². The van der Waals surface area contributed by atoms with Crippen molar-refractivity contribution in [2.45, 2.75) is 20.0 Å². The van der Waals surface area contributed by atoms with Crippen LogP contribution >= 0.6 is 35.6 Å². The van der Waals surface area contributed by atoms with Crippen LogP contribution in [0.5, 0.6) is 11.5 Å². The first kappa shape index (κ1) is 19.7. The number of aliphatic imine (C=N–C) groups is 1. The highest BCUT2D eigenvalue weighted by Gasteiger charge is 2.16. The molecule has 0 radical (unpaired) electrons. The molecule has 0 bridgehead atoms. The van der Waals surface area contributed by atoms with E-state index in [-0.39, 0.29) is 24.0 Å². The molecule has 6 nitrogen and oxygen atoms in total. The molecule has 2 heterocycles. The second-order valence-electron chi connectivity index (χ2n) is 5.28. The fourth-order valence-corrected chi connectivity index (χ4v) is 2.63. The van der Waals surface area contributed by atoms with E-state index in [9.17, 15) is 0 Å². The van der Waals surface area contributed by atoms with Crippen LogP contribution in [0.15, 0.2) is 40.1 Å². The predicted octanol–water partition coefficient (Wildman–Crippen LogP) is 3.58. The quantitative estimate of drug-likeness (QED) is 0.391. The average molecular weight is 478 g/mol. The molecule has 0 aliphatic carbocycles. The molecule has 2 aromatic rings.